The van der Waals surface area contributed by atoms with E-state index in [1.165, 1.54) is 0 Å². The smallest absolute Gasteiger partial charge is 0.383 e. The van der Waals surface area contributed by atoms with Gasteiger partial charge >= 0.3 is 12.4 Å². The van der Waals surface area contributed by atoms with Crippen LogP contribution >= 0.6 is 23.2 Å². The quantitative estimate of drug-likeness (QED) is 0.449. The number of anilines is 1. The van der Waals surface area contributed by atoms with Gasteiger partial charge in [-0.1, -0.05) is 37.0 Å². The highest BCUT2D eigenvalue weighted by molar-refractivity contribution is 6.38. The van der Waals surface area contributed by atoms with Gasteiger partial charge < -0.3 is 5.73 Å². The van der Waals surface area contributed by atoms with Gasteiger partial charge in [-0.15, -0.1) is 5.10 Å². The maximum absolute atomic E-state index is 13.6. The lowest BCUT2D eigenvalue weighted by Gasteiger charge is -2.13. The van der Waals surface area contributed by atoms with E-state index in [2.05, 4.69) is 10.1 Å². The molecule has 0 aliphatic carbocycles. The Morgan fingerprint density at radius 2 is 1.52 bits per heavy atom. The maximum Gasteiger partial charge on any atom is 0.417 e. The van der Waals surface area contributed by atoms with Crippen molar-refractivity contribution in [2.45, 2.75) is 32.1 Å². The lowest BCUT2D eigenvalue weighted by molar-refractivity contribution is -0.138. The molecule has 0 atom stereocenters. The Balaban J connectivity index is 2.35. The van der Waals surface area contributed by atoms with Crippen molar-refractivity contribution >= 4 is 40.1 Å². The van der Waals surface area contributed by atoms with E-state index in [1.54, 1.807) is 13.8 Å². The van der Waals surface area contributed by atoms with Crippen LogP contribution < -0.4 is 5.73 Å². The zero-order valence-electron chi connectivity index (χ0n) is 14.8. The molecule has 2 aromatic heterocycles. The molecule has 0 spiro atoms. The first kappa shape index (κ1) is 21.5. The number of nitrogen functional groups attached to an aromatic ring is 1. The SMILES string of the molecule is CC(C)c1cc(C(F)(F)F)c2c(N)n(-c3c(Cl)cc(C(F)(F)F)cc3Cl)nc2n1. The highest BCUT2D eigenvalue weighted by Crippen LogP contribution is 2.42. The molecule has 2 N–H and O–H groups in total. The van der Waals surface area contributed by atoms with Gasteiger partial charge in [0.1, 0.15) is 11.5 Å². The largest absolute Gasteiger partial charge is 0.417 e. The molecule has 12 heteroatoms. The Labute approximate surface area is 170 Å². The van der Waals surface area contributed by atoms with Crippen molar-refractivity contribution in [1.82, 2.24) is 14.8 Å². The molecule has 3 rings (SSSR count). The highest BCUT2D eigenvalue weighted by atomic mass is 35.5. The number of rotatable bonds is 2. The Bertz CT molecular complexity index is 1080. The Kier molecular flexibility index (Phi) is 5.15. The van der Waals surface area contributed by atoms with Gasteiger partial charge in [0, 0.05) is 5.69 Å². The molecule has 29 heavy (non-hydrogen) atoms. The van der Waals surface area contributed by atoms with Crippen molar-refractivity contribution in [1.29, 1.82) is 0 Å². The summed E-state index contributed by atoms with van der Waals surface area (Å²) in [6.07, 6.45) is -9.48. The van der Waals surface area contributed by atoms with Crippen molar-refractivity contribution in [2.75, 3.05) is 5.73 Å². The monoisotopic (exact) mass is 456 g/mol. The number of hydrogen-bond donors (Lipinski definition) is 1. The summed E-state index contributed by atoms with van der Waals surface area (Å²) >= 11 is 11.9. The van der Waals surface area contributed by atoms with E-state index in [9.17, 15) is 26.3 Å². The molecule has 0 radical (unpaired) electrons. The van der Waals surface area contributed by atoms with Gasteiger partial charge in [-0.3, -0.25) is 0 Å². The number of nitrogens with zero attached hydrogens (tertiary/aromatic N) is 3. The summed E-state index contributed by atoms with van der Waals surface area (Å²) in [4.78, 5) is 4.09. The minimum atomic E-state index is -4.76. The summed E-state index contributed by atoms with van der Waals surface area (Å²) in [5, 5.41) is 2.48. The fourth-order valence-electron chi connectivity index (χ4n) is 2.75. The third-order valence-electron chi connectivity index (χ3n) is 4.15. The normalized spacial score (nSPS) is 12.9. The Hall–Kier alpha value is -2.20. The first-order chi connectivity index (χ1) is 13.2. The minimum Gasteiger partial charge on any atom is -0.383 e. The third-order valence-corrected chi connectivity index (χ3v) is 4.73. The fourth-order valence-corrected chi connectivity index (χ4v) is 3.40. The zero-order chi connectivity index (χ0) is 21.9. The lowest BCUT2D eigenvalue weighted by atomic mass is 10.0. The van der Waals surface area contributed by atoms with Crippen molar-refractivity contribution in [3.05, 3.63) is 45.1 Å². The molecule has 4 nitrogen and oxygen atoms in total. The fraction of sp³-hybridized carbons (Fsp3) is 0.294. The second-order valence-corrected chi connectivity index (χ2v) is 7.34. The van der Waals surface area contributed by atoms with Gasteiger partial charge in [0.15, 0.2) is 5.65 Å². The molecule has 1 aromatic carbocycles. The molecular formula is C17H12Cl2F6N4. The number of alkyl halides is 6. The van der Waals surface area contributed by atoms with Crippen molar-refractivity contribution in [3.8, 4) is 5.69 Å². The molecule has 2 heterocycles. The van der Waals surface area contributed by atoms with Crippen LogP contribution in [0.25, 0.3) is 16.7 Å². The van der Waals surface area contributed by atoms with Crippen LogP contribution in [0, 0.1) is 0 Å². The summed E-state index contributed by atoms with van der Waals surface area (Å²) in [6.45, 7) is 3.30. The van der Waals surface area contributed by atoms with Gasteiger partial charge in [0.2, 0.25) is 0 Å². The van der Waals surface area contributed by atoms with E-state index in [4.69, 9.17) is 28.9 Å². The third kappa shape index (κ3) is 3.83. The van der Waals surface area contributed by atoms with Gasteiger partial charge in [-0.05, 0) is 24.1 Å². The van der Waals surface area contributed by atoms with Crippen LogP contribution in [0.1, 0.15) is 36.6 Å². The van der Waals surface area contributed by atoms with Crippen LogP contribution in [0.4, 0.5) is 32.2 Å². The predicted molar refractivity (Wildman–Crippen MR) is 97.4 cm³/mol. The number of aromatic nitrogens is 3. The van der Waals surface area contributed by atoms with E-state index in [0.29, 0.717) is 12.1 Å². The summed E-state index contributed by atoms with van der Waals surface area (Å²) in [5.74, 6) is -0.844. The second kappa shape index (κ2) is 6.94. The molecular weight excluding hydrogens is 445 g/mol. The van der Waals surface area contributed by atoms with Crippen LogP contribution in [-0.2, 0) is 12.4 Å². The van der Waals surface area contributed by atoms with Crippen molar-refractivity contribution < 1.29 is 26.3 Å². The zero-order valence-corrected chi connectivity index (χ0v) is 16.3. The average molecular weight is 457 g/mol. The molecule has 0 bridgehead atoms. The van der Waals surface area contributed by atoms with E-state index >= 15 is 0 Å². The van der Waals surface area contributed by atoms with Crippen LogP contribution in [0.15, 0.2) is 18.2 Å². The van der Waals surface area contributed by atoms with Gasteiger partial charge in [-0.2, -0.15) is 26.3 Å². The molecule has 0 aliphatic rings. The number of fused-ring (bicyclic) bond motifs is 1. The van der Waals surface area contributed by atoms with E-state index in [1.807, 2.05) is 0 Å². The van der Waals surface area contributed by atoms with Gasteiger partial charge in [0.25, 0.3) is 0 Å². The number of halogens is 8. The molecule has 0 saturated carbocycles. The van der Waals surface area contributed by atoms with Crippen LogP contribution in [0.2, 0.25) is 10.0 Å². The Morgan fingerprint density at radius 1 is 0.966 bits per heavy atom. The summed E-state index contributed by atoms with van der Waals surface area (Å²) < 4.78 is 80.4. The molecule has 156 valence electrons. The first-order valence-corrected chi connectivity index (χ1v) is 8.80. The van der Waals surface area contributed by atoms with E-state index < -0.39 is 44.7 Å². The summed E-state index contributed by atoms with van der Waals surface area (Å²) in [5.41, 5.74) is 3.21. The summed E-state index contributed by atoms with van der Waals surface area (Å²) in [7, 11) is 0. The summed E-state index contributed by atoms with van der Waals surface area (Å²) in [6, 6.07) is 2.05. The molecule has 0 fully saturated rings. The van der Waals surface area contributed by atoms with E-state index in [0.717, 1.165) is 10.7 Å². The molecule has 3 aromatic rings. The van der Waals surface area contributed by atoms with Gasteiger partial charge in [-0.25, -0.2) is 9.67 Å². The highest BCUT2D eigenvalue weighted by Gasteiger charge is 2.37. The molecule has 0 unspecified atom stereocenters. The van der Waals surface area contributed by atoms with Crippen molar-refractivity contribution in [3.63, 3.8) is 0 Å². The number of benzene rings is 1. The number of hydrogen-bond acceptors (Lipinski definition) is 3. The molecule has 0 amide bonds. The number of pyridine rings is 1. The maximum atomic E-state index is 13.6. The second-order valence-electron chi connectivity index (χ2n) is 6.53. The topological polar surface area (TPSA) is 56.7 Å². The van der Waals surface area contributed by atoms with Crippen LogP contribution in [-0.4, -0.2) is 14.8 Å². The van der Waals surface area contributed by atoms with Crippen LogP contribution in [0.3, 0.4) is 0 Å². The average Bonchev–Trinajstić information content (AvgIpc) is 2.88. The number of nitrogens with two attached hydrogens (primary N) is 1. The molecule has 0 saturated heterocycles. The minimum absolute atomic E-state index is 0.124. The lowest BCUT2D eigenvalue weighted by Crippen LogP contribution is -2.10. The Morgan fingerprint density at radius 3 is 1.97 bits per heavy atom. The predicted octanol–water partition coefficient (Wildman–Crippen LogP) is 6.47. The van der Waals surface area contributed by atoms with Crippen molar-refractivity contribution in [2.24, 2.45) is 0 Å². The van der Waals surface area contributed by atoms with Gasteiger partial charge in [0.05, 0.1) is 26.6 Å². The first-order valence-electron chi connectivity index (χ1n) is 8.04. The standard InChI is InChI=1S/C17H12Cl2F6N4/c1-6(2)11-5-8(17(23,24)25)12-14(26)29(28-15(12)27-11)13-9(18)3-7(4-10(13)19)16(20,21)22/h3-6H,26H2,1-2H3. The van der Waals surface area contributed by atoms with E-state index in [-0.39, 0.29) is 22.9 Å². The molecule has 0 aliphatic heterocycles. The van der Waals surface area contributed by atoms with Crippen LogP contribution in [0.5, 0.6) is 0 Å².